The Balaban J connectivity index is -0.00000171. The van der Waals surface area contributed by atoms with Gasteiger partial charge in [-0.2, -0.15) is 0 Å². The van der Waals surface area contributed by atoms with Crippen molar-refractivity contribution >= 4 is 5.91 Å². The number of aliphatic hydroxyl groups is 1. The minimum Gasteiger partial charge on any atom is -0.508 e. The lowest BCUT2D eigenvalue weighted by atomic mass is 10.0. The molecule has 0 atom stereocenters. The van der Waals surface area contributed by atoms with Crippen LogP contribution in [0.1, 0.15) is 79.6 Å². The first-order valence-corrected chi connectivity index (χ1v) is 11.4. The van der Waals surface area contributed by atoms with Crippen LogP contribution in [0, 0.1) is 0 Å². The van der Waals surface area contributed by atoms with Gasteiger partial charge >= 0.3 is 0 Å². The molecule has 5 heteroatoms. The van der Waals surface area contributed by atoms with E-state index in [1.165, 1.54) is 0 Å². The first-order chi connectivity index (χ1) is 14.3. The lowest BCUT2D eigenvalue weighted by Gasteiger charge is -2.25. The van der Waals surface area contributed by atoms with Gasteiger partial charge in [0.25, 0.3) is 0 Å². The highest BCUT2D eigenvalue weighted by Crippen LogP contribution is 2.24. The molecule has 0 aliphatic carbocycles. The first-order valence-electron chi connectivity index (χ1n) is 11.4. The van der Waals surface area contributed by atoms with Gasteiger partial charge in [-0.25, -0.2) is 0 Å². The maximum Gasteiger partial charge on any atom is 0.219 e. The fraction of sp³-hybridized carbons (Fsp3) is 0.640. The number of allylic oxidation sites excluding steroid dienone is 2. The molecule has 0 aromatic heterocycles. The normalized spacial score (nSPS) is 10.7. The second-order valence-electron chi connectivity index (χ2n) is 6.56. The Morgan fingerprint density at radius 3 is 2.03 bits per heavy atom. The Hall–Kier alpha value is -2.17. The van der Waals surface area contributed by atoms with E-state index in [2.05, 4.69) is 28.7 Å². The molecule has 0 fully saturated rings. The minimum atomic E-state index is 0.0615. The van der Waals surface area contributed by atoms with Crippen molar-refractivity contribution in [3.05, 3.63) is 48.0 Å². The molecule has 176 valence electrons. The van der Waals surface area contributed by atoms with Crippen molar-refractivity contribution in [1.29, 1.82) is 0 Å². The Labute approximate surface area is 187 Å². The Kier molecular flexibility index (Phi) is 25.0. The smallest absolute Gasteiger partial charge is 0.219 e. The van der Waals surface area contributed by atoms with Gasteiger partial charge in [-0.3, -0.25) is 4.79 Å². The monoisotopic (exact) mass is 423 g/mol. The Morgan fingerprint density at radius 2 is 1.53 bits per heavy atom. The molecule has 0 aliphatic rings. The molecule has 0 spiro atoms. The summed E-state index contributed by atoms with van der Waals surface area (Å²) in [5.74, 6) is 0.177. The summed E-state index contributed by atoms with van der Waals surface area (Å²) in [4.78, 5) is 13.2. The molecule has 3 N–H and O–H groups in total. The van der Waals surface area contributed by atoms with Crippen molar-refractivity contribution in [2.45, 2.75) is 79.6 Å². The van der Waals surface area contributed by atoms with Crippen molar-refractivity contribution in [2.75, 3.05) is 27.7 Å². The summed E-state index contributed by atoms with van der Waals surface area (Å²) in [5.41, 5.74) is 2.57. The van der Waals surface area contributed by atoms with Crippen molar-refractivity contribution in [3.63, 3.8) is 0 Å². The number of carbonyl (C=O) groups excluding carboxylic acids is 1. The van der Waals surface area contributed by atoms with Crippen molar-refractivity contribution in [2.24, 2.45) is 0 Å². The van der Waals surface area contributed by atoms with E-state index in [1.807, 2.05) is 61.0 Å². The number of hydrogen-bond donors (Lipinski definition) is 3. The van der Waals surface area contributed by atoms with Crippen LogP contribution in [0.5, 0.6) is 0 Å². The third-order valence-electron chi connectivity index (χ3n) is 4.35. The van der Waals surface area contributed by atoms with Crippen LogP contribution in [-0.2, 0) is 4.79 Å². The summed E-state index contributed by atoms with van der Waals surface area (Å²) in [6, 6.07) is 0. The number of unbranched alkanes of at least 4 members (excludes halogenated alkanes) is 4. The van der Waals surface area contributed by atoms with E-state index in [-0.39, 0.29) is 11.7 Å². The third kappa shape index (κ3) is 16.8. The SMILES string of the molecule is C=C(O)/C(C(=C)N(C)CCCCCCCC(=O)NC)=C(/C)C/C=C/NC.CC.CC. The molecule has 0 aliphatic heterocycles. The Morgan fingerprint density at radius 1 is 1.00 bits per heavy atom. The van der Waals surface area contributed by atoms with Gasteiger partial charge in [0, 0.05) is 45.4 Å². The second kappa shape index (κ2) is 23.1. The Bertz CT molecular complexity index is 522. The van der Waals surface area contributed by atoms with Gasteiger partial charge < -0.3 is 20.6 Å². The lowest BCUT2D eigenvalue weighted by Crippen LogP contribution is -2.21. The van der Waals surface area contributed by atoms with Crippen molar-refractivity contribution < 1.29 is 9.90 Å². The number of amides is 1. The van der Waals surface area contributed by atoms with Gasteiger partial charge in [-0.15, -0.1) is 0 Å². The van der Waals surface area contributed by atoms with E-state index >= 15 is 0 Å². The standard InChI is InChI=1S/C21H37N3O2.2C2H6/c1-17(13-12-15-22-4)21(19(3)25)18(2)24(6)16-11-9-7-8-10-14-20(26)23-5;2*1-2/h12,15,22,25H,2-3,7-11,13-14,16H2,1,4-6H3,(H,23,26);2*1-2H3/b15-12+,21-17-;;. The molecule has 0 aromatic rings. The molecule has 0 radical (unpaired) electrons. The van der Waals surface area contributed by atoms with E-state index in [1.54, 1.807) is 7.05 Å². The fourth-order valence-corrected chi connectivity index (χ4v) is 2.73. The summed E-state index contributed by atoms with van der Waals surface area (Å²) in [5, 5.41) is 15.6. The van der Waals surface area contributed by atoms with Gasteiger partial charge in [0.15, 0.2) is 0 Å². The number of likely N-dealkylation sites (N-methyl/N-ethyl adjacent to an activating group) is 1. The maximum absolute atomic E-state index is 11.2. The zero-order chi connectivity index (χ0) is 23.9. The molecule has 30 heavy (non-hydrogen) atoms. The van der Waals surface area contributed by atoms with Crippen LogP contribution < -0.4 is 10.6 Å². The highest BCUT2D eigenvalue weighted by atomic mass is 16.3. The van der Waals surface area contributed by atoms with Crippen LogP contribution in [0.25, 0.3) is 0 Å². The molecule has 0 saturated carbocycles. The zero-order valence-electron chi connectivity index (χ0n) is 21.0. The number of nitrogens with zero attached hydrogens (tertiary/aromatic N) is 1. The summed E-state index contributed by atoms with van der Waals surface area (Å²) in [6.45, 7) is 18.7. The molecule has 5 nitrogen and oxygen atoms in total. The van der Waals surface area contributed by atoms with Crippen LogP contribution >= 0.6 is 0 Å². The predicted molar refractivity (Wildman–Crippen MR) is 134 cm³/mol. The second-order valence-corrected chi connectivity index (χ2v) is 6.56. The molecule has 1 amide bonds. The number of rotatable bonds is 14. The third-order valence-corrected chi connectivity index (χ3v) is 4.35. The number of hydrogen-bond acceptors (Lipinski definition) is 4. The zero-order valence-corrected chi connectivity index (χ0v) is 21.0. The van der Waals surface area contributed by atoms with Crippen molar-refractivity contribution in [1.82, 2.24) is 15.5 Å². The lowest BCUT2D eigenvalue weighted by molar-refractivity contribution is -0.120. The van der Waals surface area contributed by atoms with Crippen LogP contribution in [0.3, 0.4) is 0 Å². The largest absolute Gasteiger partial charge is 0.508 e. The highest BCUT2D eigenvalue weighted by Gasteiger charge is 2.13. The van der Waals surface area contributed by atoms with Gasteiger partial charge in [-0.05, 0) is 32.4 Å². The highest BCUT2D eigenvalue weighted by molar-refractivity contribution is 5.75. The van der Waals surface area contributed by atoms with Gasteiger partial charge in [0.1, 0.15) is 5.76 Å². The summed E-state index contributed by atoms with van der Waals surface area (Å²) >= 11 is 0. The first kappa shape index (κ1) is 32.5. The van der Waals surface area contributed by atoms with Gasteiger partial charge in [0.2, 0.25) is 5.91 Å². The number of carbonyl (C=O) groups is 1. The molecule has 0 unspecified atom stereocenters. The fourth-order valence-electron chi connectivity index (χ4n) is 2.73. The van der Waals surface area contributed by atoms with Gasteiger partial charge in [-0.1, -0.05) is 71.8 Å². The summed E-state index contributed by atoms with van der Waals surface area (Å²) < 4.78 is 0. The van der Waals surface area contributed by atoms with Crippen molar-refractivity contribution in [3.8, 4) is 0 Å². The van der Waals surface area contributed by atoms with E-state index < -0.39 is 0 Å². The summed E-state index contributed by atoms with van der Waals surface area (Å²) in [6.07, 6.45) is 10.5. The van der Waals surface area contributed by atoms with Crippen LogP contribution in [0.15, 0.2) is 48.0 Å². The van der Waals surface area contributed by atoms with E-state index in [0.717, 1.165) is 61.9 Å². The number of aliphatic hydroxyl groups excluding tert-OH is 1. The summed E-state index contributed by atoms with van der Waals surface area (Å²) in [7, 11) is 5.52. The van der Waals surface area contributed by atoms with E-state index in [9.17, 15) is 9.90 Å². The van der Waals surface area contributed by atoms with Crippen LogP contribution in [0.4, 0.5) is 0 Å². The molecule has 0 heterocycles. The molecule has 0 aromatic carbocycles. The molecular weight excluding hydrogens is 374 g/mol. The number of nitrogens with one attached hydrogen (secondary N) is 2. The average Bonchev–Trinajstić information content (AvgIpc) is 2.75. The molecule has 0 rings (SSSR count). The molecule has 0 bridgehead atoms. The average molecular weight is 424 g/mol. The molecular formula is C25H49N3O2. The quantitative estimate of drug-likeness (QED) is 0.180. The topological polar surface area (TPSA) is 64.6 Å². The minimum absolute atomic E-state index is 0.0615. The maximum atomic E-state index is 11.2. The predicted octanol–water partition coefficient (Wildman–Crippen LogP) is 6.08. The van der Waals surface area contributed by atoms with Crippen LogP contribution in [-0.4, -0.2) is 43.6 Å². The van der Waals surface area contributed by atoms with Crippen LogP contribution in [0.2, 0.25) is 0 Å². The molecule has 0 saturated heterocycles. The van der Waals surface area contributed by atoms with E-state index in [4.69, 9.17) is 0 Å². The van der Waals surface area contributed by atoms with Gasteiger partial charge in [0.05, 0.1) is 0 Å². The van der Waals surface area contributed by atoms with E-state index in [0.29, 0.717) is 6.42 Å².